The molecule has 0 spiro atoms. The van der Waals surface area contributed by atoms with Gasteiger partial charge in [0.2, 0.25) is 12.7 Å². The summed E-state index contributed by atoms with van der Waals surface area (Å²) in [5, 5.41) is 16.8. The van der Waals surface area contributed by atoms with E-state index in [1.165, 1.54) is 6.07 Å². The molecule has 8 heteroatoms. The monoisotopic (exact) mass is 357 g/mol. The number of ether oxygens (including phenoxy) is 2. The van der Waals surface area contributed by atoms with Crippen molar-refractivity contribution in [1.29, 1.82) is 0 Å². The summed E-state index contributed by atoms with van der Waals surface area (Å²) < 4.78 is 10.6. The Morgan fingerprint density at radius 1 is 1.23 bits per heavy atom. The number of para-hydroxylation sites is 2. The minimum Gasteiger partial charge on any atom is -0.454 e. The molecule has 0 bridgehead atoms. The first-order chi connectivity index (χ1) is 12.5. The molecular formula is C18H19N3O5. The standard InChI is InChI=1S/C18H19N3O5/c1-12(13-6-7-16-17(10-13)26-11-25-16)20-18(22)8-9-19-14-4-2-3-5-15(14)21(23)24/h2-7,10,12,19H,8-9,11H2,1H3,(H,20,22). The van der Waals surface area contributed by atoms with Gasteiger partial charge in [0.05, 0.1) is 11.0 Å². The molecule has 8 nitrogen and oxygen atoms in total. The van der Waals surface area contributed by atoms with Crippen molar-refractivity contribution in [3.8, 4) is 11.5 Å². The van der Waals surface area contributed by atoms with Gasteiger partial charge < -0.3 is 20.1 Å². The lowest BCUT2D eigenvalue weighted by Gasteiger charge is -2.15. The number of rotatable bonds is 7. The van der Waals surface area contributed by atoms with E-state index in [0.717, 1.165) is 5.56 Å². The average molecular weight is 357 g/mol. The number of nitrogens with zero attached hydrogens (tertiary/aromatic N) is 1. The molecule has 136 valence electrons. The van der Waals surface area contributed by atoms with Gasteiger partial charge in [-0.1, -0.05) is 18.2 Å². The summed E-state index contributed by atoms with van der Waals surface area (Å²) in [5.41, 5.74) is 1.30. The number of amides is 1. The number of fused-ring (bicyclic) bond motifs is 1. The summed E-state index contributed by atoms with van der Waals surface area (Å²) in [6, 6.07) is 11.7. The lowest BCUT2D eigenvalue weighted by Crippen LogP contribution is -2.28. The number of anilines is 1. The molecule has 0 aliphatic carbocycles. The van der Waals surface area contributed by atoms with E-state index < -0.39 is 4.92 Å². The van der Waals surface area contributed by atoms with Crippen LogP contribution in [0, 0.1) is 10.1 Å². The van der Waals surface area contributed by atoms with E-state index in [2.05, 4.69) is 10.6 Å². The van der Waals surface area contributed by atoms with Crippen molar-refractivity contribution in [2.24, 2.45) is 0 Å². The predicted molar refractivity (Wildman–Crippen MR) is 95.3 cm³/mol. The molecule has 0 saturated heterocycles. The molecule has 1 aliphatic rings. The van der Waals surface area contributed by atoms with E-state index in [4.69, 9.17) is 9.47 Å². The normalized spacial score (nSPS) is 13.1. The Hall–Kier alpha value is -3.29. The van der Waals surface area contributed by atoms with Gasteiger partial charge in [-0.15, -0.1) is 0 Å². The highest BCUT2D eigenvalue weighted by Crippen LogP contribution is 2.34. The van der Waals surface area contributed by atoms with Crippen molar-refractivity contribution < 1.29 is 19.2 Å². The molecule has 0 saturated carbocycles. The first-order valence-electron chi connectivity index (χ1n) is 8.21. The van der Waals surface area contributed by atoms with Crippen LogP contribution in [0.4, 0.5) is 11.4 Å². The number of carbonyl (C=O) groups is 1. The zero-order valence-corrected chi connectivity index (χ0v) is 14.2. The second-order valence-electron chi connectivity index (χ2n) is 5.85. The fraction of sp³-hybridized carbons (Fsp3) is 0.278. The summed E-state index contributed by atoms with van der Waals surface area (Å²) >= 11 is 0. The Morgan fingerprint density at radius 3 is 2.81 bits per heavy atom. The third kappa shape index (κ3) is 4.02. The number of nitrogens with one attached hydrogen (secondary N) is 2. The summed E-state index contributed by atoms with van der Waals surface area (Å²) in [6.07, 6.45) is 0.195. The third-order valence-corrected chi connectivity index (χ3v) is 4.04. The lowest BCUT2D eigenvalue weighted by atomic mass is 10.1. The highest BCUT2D eigenvalue weighted by atomic mass is 16.7. The smallest absolute Gasteiger partial charge is 0.292 e. The van der Waals surface area contributed by atoms with Gasteiger partial charge in [-0.25, -0.2) is 0 Å². The van der Waals surface area contributed by atoms with Crippen molar-refractivity contribution in [1.82, 2.24) is 5.32 Å². The van der Waals surface area contributed by atoms with Gasteiger partial charge in [-0.3, -0.25) is 14.9 Å². The molecule has 3 rings (SSSR count). The number of benzene rings is 2. The maximum absolute atomic E-state index is 12.1. The molecular weight excluding hydrogens is 338 g/mol. The largest absolute Gasteiger partial charge is 0.454 e. The van der Waals surface area contributed by atoms with E-state index >= 15 is 0 Å². The van der Waals surface area contributed by atoms with Crippen LogP contribution in [0.2, 0.25) is 0 Å². The van der Waals surface area contributed by atoms with Gasteiger partial charge in [0, 0.05) is 19.0 Å². The Kier molecular flexibility index (Phi) is 5.21. The Labute approximate surface area is 150 Å². The average Bonchev–Trinajstić information content (AvgIpc) is 3.09. The quantitative estimate of drug-likeness (QED) is 0.583. The molecule has 2 aromatic rings. The second-order valence-corrected chi connectivity index (χ2v) is 5.85. The fourth-order valence-corrected chi connectivity index (χ4v) is 2.67. The molecule has 1 amide bonds. The first-order valence-corrected chi connectivity index (χ1v) is 8.21. The SMILES string of the molecule is CC(NC(=O)CCNc1ccccc1[N+](=O)[O-])c1ccc2c(c1)OCO2. The number of nitro groups is 1. The highest BCUT2D eigenvalue weighted by molar-refractivity contribution is 5.77. The molecule has 2 aromatic carbocycles. The molecule has 26 heavy (non-hydrogen) atoms. The van der Waals surface area contributed by atoms with Gasteiger partial charge in [0.1, 0.15) is 5.69 Å². The van der Waals surface area contributed by atoms with Crippen molar-refractivity contribution in [3.05, 3.63) is 58.1 Å². The molecule has 1 aliphatic heterocycles. The van der Waals surface area contributed by atoms with E-state index in [1.807, 2.05) is 25.1 Å². The van der Waals surface area contributed by atoms with Crippen LogP contribution in [0.15, 0.2) is 42.5 Å². The third-order valence-electron chi connectivity index (χ3n) is 4.04. The van der Waals surface area contributed by atoms with Crippen LogP contribution in [0.5, 0.6) is 11.5 Å². The molecule has 0 fully saturated rings. The predicted octanol–water partition coefficient (Wildman–Crippen LogP) is 3.00. The molecule has 0 aromatic heterocycles. The minimum atomic E-state index is -0.454. The maximum Gasteiger partial charge on any atom is 0.292 e. The summed E-state index contributed by atoms with van der Waals surface area (Å²) in [6.45, 7) is 2.38. The van der Waals surface area contributed by atoms with Crippen molar-refractivity contribution in [3.63, 3.8) is 0 Å². The summed E-state index contributed by atoms with van der Waals surface area (Å²) in [5.74, 6) is 1.21. The second kappa shape index (κ2) is 7.73. The minimum absolute atomic E-state index is 0.0124. The van der Waals surface area contributed by atoms with Crippen LogP contribution in [0.25, 0.3) is 0 Å². The molecule has 1 atom stereocenters. The van der Waals surface area contributed by atoms with Crippen LogP contribution >= 0.6 is 0 Å². The molecule has 0 radical (unpaired) electrons. The van der Waals surface area contributed by atoms with Gasteiger partial charge in [-0.05, 0) is 30.7 Å². The van der Waals surface area contributed by atoms with Crippen LogP contribution < -0.4 is 20.1 Å². The Bertz CT molecular complexity index is 824. The molecule has 2 N–H and O–H groups in total. The van der Waals surface area contributed by atoms with E-state index in [-0.39, 0.29) is 30.9 Å². The maximum atomic E-state index is 12.1. The van der Waals surface area contributed by atoms with Crippen molar-refractivity contribution in [2.75, 3.05) is 18.7 Å². The highest BCUT2D eigenvalue weighted by Gasteiger charge is 2.17. The number of hydrogen-bond donors (Lipinski definition) is 2. The van der Waals surface area contributed by atoms with Crippen LogP contribution in [-0.2, 0) is 4.79 Å². The van der Waals surface area contributed by atoms with Crippen molar-refractivity contribution >= 4 is 17.3 Å². The van der Waals surface area contributed by atoms with Gasteiger partial charge >= 0.3 is 0 Å². The fourth-order valence-electron chi connectivity index (χ4n) is 2.67. The number of hydrogen-bond acceptors (Lipinski definition) is 6. The van der Waals surface area contributed by atoms with Crippen LogP contribution in [-0.4, -0.2) is 24.2 Å². The van der Waals surface area contributed by atoms with Crippen molar-refractivity contribution in [2.45, 2.75) is 19.4 Å². The van der Waals surface area contributed by atoms with E-state index in [1.54, 1.807) is 18.2 Å². The van der Waals surface area contributed by atoms with E-state index in [9.17, 15) is 14.9 Å². The van der Waals surface area contributed by atoms with Gasteiger partial charge in [0.25, 0.3) is 5.69 Å². The lowest BCUT2D eigenvalue weighted by molar-refractivity contribution is -0.384. The van der Waals surface area contributed by atoms with Gasteiger partial charge in [-0.2, -0.15) is 0 Å². The topological polar surface area (TPSA) is 103 Å². The Morgan fingerprint density at radius 2 is 2.00 bits per heavy atom. The molecule has 1 heterocycles. The summed E-state index contributed by atoms with van der Waals surface area (Å²) in [7, 11) is 0. The molecule has 1 unspecified atom stereocenters. The van der Waals surface area contributed by atoms with Crippen LogP contribution in [0.3, 0.4) is 0 Å². The first kappa shape index (κ1) is 17.5. The zero-order chi connectivity index (χ0) is 18.5. The van der Waals surface area contributed by atoms with Crippen LogP contribution in [0.1, 0.15) is 24.9 Å². The zero-order valence-electron chi connectivity index (χ0n) is 14.2. The summed E-state index contributed by atoms with van der Waals surface area (Å²) in [4.78, 5) is 22.6. The Balaban J connectivity index is 1.51. The number of carbonyl (C=O) groups excluding carboxylic acids is 1. The number of nitro benzene ring substituents is 1. The van der Waals surface area contributed by atoms with Gasteiger partial charge in [0.15, 0.2) is 11.5 Å². The van der Waals surface area contributed by atoms with E-state index in [0.29, 0.717) is 23.7 Å².